The average molecular weight is 271 g/mol. The van der Waals surface area contributed by atoms with Crippen molar-refractivity contribution in [2.45, 2.75) is 25.3 Å². The zero-order chi connectivity index (χ0) is 13.9. The van der Waals surface area contributed by atoms with Crippen LogP contribution in [-0.2, 0) is 0 Å². The van der Waals surface area contributed by atoms with Crippen LogP contribution in [-0.4, -0.2) is 30.4 Å². The number of nitrogens with one attached hydrogen (secondary N) is 1. The van der Waals surface area contributed by atoms with E-state index in [-0.39, 0.29) is 19.0 Å². The molecule has 106 valence electrons. The minimum absolute atomic E-state index is 0.0809. The van der Waals surface area contributed by atoms with Gasteiger partial charge in [0, 0.05) is 0 Å². The summed E-state index contributed by atoms with van der Waals surface area (Å²) in [6, 6.07) is 3.84. The first-order chi connectivity index (χ1) is 9.13. The third-order valence-electron chi connectivity index (χ3n) is 3.57. The molecule has 1 aliphatic rings. The normalized spacial score (nSPS) is 18.1. The van der Waals surface area contributed by atoms with Gasteiger partial charge >= 0.3 is 0 Å². The molecule has 2 rings (SSSR count). The van der Waals surface area contributed by atoms with Gasteiger partial charge in [0.2, 0.25) is 5.82 Å². The Labute approximate surface area is 111 Å². The van der Waals surface area contributed by atoms with Gasteiger partial charge in [0.1, 0.15) is 6.61 Å². The van der Waals surface area contributed by atoms with Crippen molar-refractivity contribution in [2.75, 3.05) is 19.8 Å². The molecule has 3 nitrogen and oxygen atoms in total. The van der Waals surface area contributed by atoms with Crippen LogP contribution in [0, 0.1) is 17.6 Å². The van der Waals surface area contributed by atoms with Gasteiger partial charge in [0.25, 0.3) is 0 Å². The van der Waals surface area contributed by atoms with Gasteiger partial charge in [-0.1, -0.05) is 13.0 Å². The second kappa shape index (κ2) is 5.84. The summed E-state index contributed by atoms with van der Waals surface area (Å²) in [4.78, 5) is 0. The molecule has 19 heavy (non-hydrogen) atoms. The summed E-state index contributed by atoms with van der Waals surface area (Å²) in [5.74, 6) is -1.70. The van der Waals surface area contributed by atoms with Crippen LogP contribution in [0.25, 0.3) is 0 Å². The molecule has 1 unspecified atom stereocenters. The van der Waals surface area contributed by atoms with E-state index in [2.05, 4.69) is 5.32 Å². The number of aliphatic hydroxyl groups excluding tert-OH is 1. The number of hydrogen-bond donors (Lipinski definition) is 2. The molecule has 1 saturated carbocycles. The van der Waals surface area contributed by atoms with Crippen molar-refractivity contribution in [1.29, 1.82) is 0 Å². The molecule has 2 N–H and O–H groups in total. The Kier molecular flexibility index (Phi) is 4.37. The summed E-state index contributed by atoms with van der Waals surface area (Å²) >= 11 is 0. The predicted octanol–water partition coefficient (Wildman–Crippen LogP) is 2.09. The van der Waals surface area contributed by atoms with Crippen molar-refractivity contribution in [1.82, 2.24) is 5.32 Å². The van der Waals surface area contributed by atoms with Crippen molar-refractivity contribution in [3.05, 3.63) is 29.8 Å². The lowest BCUT2D eigenvalue weighted by Crippen LogP contribution is -2.55. The molecule has 0 heterocycles. The van der Waals surface area contributed by atoms with Crippen molar-refractivity contribution in [3.8, 4) is 5.75 Å². The van der Waals surface area contributed by atoms with Crippen molar-refractivity contribution >= 4 is 0 Å². The van der Waals surface area contributed by atoms with E-state index in [9.17, 15) is 13.9 Å². The molecule has 1 aromatic rings. The second-order valence-corrected chi connectivity index (χ2v) is 4.96. The van der Waals surface area contributed by atoms with Gasteiger partial charge in [-0.2, -0.15) is 4.39 Å². The fourth-order valence-corrected chi connectivity index (χ4v) is 2.33. The first kappa shape index (κ1) is 14.2. The molecule has 1 atom stereocenters. The van der Waals surface area contributed by atoms with E-state index in [0.29, 0.717) is 12.5 Å². The number of hydrogen-bond acceptors (Lipinski definition) is 3. The van der Waals surface area contributed by atoms with Crippen LogP contribution < -0.4 is 10.1 Å². The summed E-state index contributed by atoms with van der Waals surface area (Å²) in [6.07, 6.45) is 2.03. The highest BCUT2D eigenvalue weighted by Crippen LogP contribution is 2.40. The summed E-state index contributed by atoms with van der Waals surface area (Å²) < 4.78 is 32.0. The Bertz CT molecular complexity index is 437. The number of ether oxygens (including phenoxy) is 1. The molecule has 0 amide bonds. The van der Waals surface area contributed by atoms with E-state index < -0.39 is 17.2 Å². The molecule has 0 spiro atoms. The van der Waals surface area contributed by atoms with E-state index in [1.165, 1.54) is 12.1 Å². The zero-order valence-electron chi connectivity index (χ0n) is 11.0. The van der Waals surface area contributed by atoms with Crippen LogP contribution in [0.15, 0.2) is 18.2 Å². The molecule has 1 fully saturated rings. The Hall–Kier alpha value is -1.20. The topological polar surface area (TPSA) is 41.5 Å². The van der Waals surface area contributed by atoms with E-state index in [1.807, 2.05) is 6.92 Å². The first-order valence-electron chi connectivity index (χ1n) is 6.55. The number of rotatable bonds is 7. The monoisotopic (exact) mass is 271 g/mol. The molecule has 0 bridgehead atoms. The summed E-state index contributed by atoms with van der Waals surface area (Å²) in [6.45, 7) is 2.67. The van der Waals surface area contributed by atoms with Crippen molar-refractivity contribution < 1.29 is 18.6 Å². The summed E-state index contributed by atoms with van der Waals surface area (Å²) in [5, 5.41) is 12.8. The molecule has 0 aromatic heterocycles. The van der Waals surface area contributed by atoms with E-state index in [0.717, 1.165) is 18.9 Å². The highest BCUT2D eigenvalue weighted by atomic mass is 19.2. The molecule has 5 heteroatoms. The molecular formula is C14H19F2NO2. The maximum absolute atomic E-state index is 13.5. The predicted molar refractivity (Wildman–Crippen MR) is 68.1 cm³/mol. The van der Waals surface area contributed by atoms with Crippen LogP contribution in [0.2, 0.25) is 0 Å². The van der Waals surface area contributed by atoms with Crippen LogP contribution >= 0.6 is 0 Å². The number of benzene rings is 1. The maximum atomic E-state index is 13.5. The van der Waals surface area contributed by atoms with Gasteiger partial charge in [0.05, 0.1) is 12.1 Å². The molecule has 0 aliphatic heterocycles. The largest absolute Gasteiger partial charge is 0.488 e. The van der Waals surface area contributed by atoms with Crippen molar-refractivity contribution in [2.24, 2.45) is 5.92 Å². The first-order valence-corrected chi connectivity index (χ1v) is 6.55. The maximum Gasteiger partial charge on any atom is 0.200 e. The quantitative estimate of drug-likeness (QED) is 0.798. The average Bonchev–Trinajstić information content (AvgIpc) is 3.24. The standard InChI is InChI=1S/C14H19F2NO2/c1-2-17-14(8-18,10-6-7-10)9-19-12-5-3-4-11(15)13(12)16/h3-5,10,17-18H,2,6-9H2,1H3. The SMILES string of the molecule is CCNC(CO)(COc1cccc(F)c1F)C1CC1. The molecule has 0 saturated heterocycles. The van der Waals surface area contributed by atoms with Crippen LogP contribution in [0.1, 0.15) is 19.8 Å². The number of aliphatic hydroxyl groups is 1. The van der Waals surface area contributed by atoms with Gasteiger partial charge in [-0.25, -0.2) is 4.39 Å². The summed E-state index contributed by atoms with van der Waals surface area (Å²) in [5.41, 5.74) is -0.562. The van der Waals surface area contributed by atoms with Gasteiger partial charge < -0.3 is 15.2 Å². The Morgan fingerprint density at radius 3 is 2.74 bits per heavy atom. The Balaban J connectivity index is 2.08. The van der Waals surface area contributed by atoms with E-state index in [4.69, 9.17) is 4.74 Å². The zero-order valence-corrected chi connectivity index (χ0v) is 11.0. The molecular weight excluding hydrogens is 252 g/mol. The molecule has 0 radical (unpaired) electrons. The van der Waals surface area contributed by atoms with Gasteiger partial charge in [-0.15, -0.1) is 0 Å². The van der Waals surface area contributed by atoms with Gasteiger partial charge in [-0.05, 0) is 37.4 Å². The number of likely N-dealkylation sites (N-methyl/N-ethyl adjacent to an activating group) is 1. The van der Waals surface area contributed by atoms with Crippen LogP contribution in [0.5, 0.6) is 5.75 Å². The van der Waals surface area contributed by atoms with E-state index in [1.54, 1.807) is 0 Å². The minimum Gasteiger partial charge on any atom is -0.488 e. The van der Waals surface area contributed by atoms with E-state index >= 15 is 0 Å². The Morgan fingerprint density at radius 1 is 1.42 bits per heavy atom. The Morgan fingerprint density at radius 2 is 2.16 bits per heavy atom. The molecule has 1 aromatic carbocycles. The van der Waals surface area contributed by atoms with Gasteiger partial charge in [-0.3, -0.25) is 0 Å². The fraction of sp³-hybridized carbons (Fsp3) is 0.571. The van der Waals surface area contributed by atoms with Crippen molar-refractivity contribution in [3.63, 3.8) is 0 Å². The lowest BCUT2D eigenvalue weighted by Gasteiger charge is -2.32. The highest BCUT2D eigenvalue weighted by Gasteiger charge is 2.45. The third-order valence-corrected chi connectivity index (χ3v) is 3.57. The minimum atomic E-state index is -0.985. The van der Waals surface area contributed by atoms with Crippen LogP contribution in [0.4, 0.5) is 8.78 Å². The fourth-order valence-electron chi connectivity index (χ4n) is 2.33. The third kappa shape index (κ3) is 3.04. The lowest BCUT2D eigenvalue weighted by molar-refractivity contribution is 0.0842. The second-order valence-electron chi connectivity index (χ2n) is 4.96. The van der Waals surface area contributed by atoms with Crippen LogP contribution in [0.3, 0.4) is 0 Å². The lowest BCUT2D eigenvalue weighted by atomic mass is 9.95. The number of halogens is 2. The molecule has 1 aliphatic carbocycles. The summed E-state index contributed by atoms with van der Waals surface area (Å²) in [7, 11) is 0. The smallest absolute Gasteiger partial charge is 0.200 e. The van der Waals surface area contributed by atoms with Gasteiger partial charge in [0.15, 0.2) is 11.6 Å². The highest BCUT2D eigenvalue weighted by molar-refractivity contribution is 5.25.